The van der Waals surface area contributed by atoms with Crippen molar-refractivity contribution in [2.24, 2.45) is 34.0 Å². The summed E-state index contributed by atoms with van der Waals surface area (Å²) in [6.45, 7) is 8.98. The molecular weight excluding hydrogens is 1130 g/mol. The van der Waals surface area contributed by atoms with E-state index in [2.05, 4.69) is 57.2 Å². The third-order valence-electron chi connectivity index (χ3n) is 13.6. The Hall–Kier alpha value is -8.80. The Morgan fingerprint density at radius 3 is 1.83 bits per heavy atom. The first-order valence-electron chi connectivity index (χ1n) is 28.0. The van der Waals surface area contributed by atoms with Gasteiger partial charge in [-0.05, 0) is 86.6 Å². The highest BCUT2D eigenvalue weighted by atomic mass is 19.4. The van der Waals surface area contributed by atoms with Crippen LogP contribution in [0.3, 0.4) is 0 Å². The van der Waals surface area contributed by atoms with Crippen molar-refractivity contribution in [3.05, 3.63) is 84.1 Å². The smallest absolute Gasteiger partial charge is 0.490 e. The average molecular weight is 1210 g/mol. The molecule has 0 spiro atoms. The highest BCUT2D eigenvalue weighted by Gasteiger charge is 2.40. The largest absolute Gasteiger partial charge is 0.508 e. The lowest BCUT2D eigenvalue weighted by Gasteiger charge is -2.31. The van der Waals surface area contributed by atoms with Crippen LogP contribution in [0.4, 0.5) is 13.2 Å². The molecule has 1 saturated heterocycles. The number of halogens is 3. The third-order valence-corrected chi connectivity index (χ3v) is 13.6. The lowest BCUT2D eigenvalue weighted by molar-refractivity contribution is -0.192. The van der Waals surface area contributed by atoms with Gasteiger partial charge in [0.25, 0.3) is 0 Å². The van der Waals surface area contributed by atoms with E-state index in [1.54, 1.807) is 13.1 Å². The molecule has 30 heteroatoms. The first-order valence-corrected chi connectivity index (χ1v) is 28.0. The van der Waals surface area contributed by atoms with Crippen LogP contribution in [0.25, 0.3) is 10.9 Å². The van der Waals surface area contributed by atoms with Gasteiger partial charge in [0.1, 0.15) is 48.0 Å². The summed E-state index contributed by atoms with van der Waals surface area (Å²) in [4.78, 5) is 137. The number of carboxylic acids is 1. The van der Waals surface area contributed by atoms with E-state index in [0.29, 0.717) is 49.2 Å². The second-order valence-corrected chi connectivity index (χ2v) is 21.5. The summed E-state index contributed by atoms with van der Waals surface area (Å²) >= 11 is 0. The van der Waals surface area contributed by atoms with Crippen molar-refractivity contribution >= 4 is 70.1 Å². The number of aliphatic hydroxyl groups is 1. The number of hydrogen-bond acceptors (Lipinski definition) is 14. The fourth-order valence-corrected chi connectivity index (χ4v) is 9.33. The number of fused-ring (bicyclic) bond motifs is 1. The highest BCUT2D eigenvalue weighted by molar-refractivity contribution is 5.98. The second kappa shape index (κ2) is 33.6. The van der Waals surface area contributed by atoms with Crippen LogP contribution in [-0.2, 0) is 62.4 Å². The molecule has 472 valence electrons. The molecule has 4 aromatic rings. The van der Waals surface area contributed by atoms with Crippen LogP contribution in [0.15, 0.2) is 72.2 Å². The van der Waals surface area contributed by atoms with Gasteiger partial charge >= 0.3 is 12.1 Å². The number of benzene rings is 2. The van der Waals surface area contributed by atoms with Gasteiger partial charge in [-0.15, -0.1) is 0 Å². The van der Waals surface area contributed by atoms with Crippen LogP contribution in [0.1, 0.15) is 90.0 Å². The van der Waals surface area contributed by atoms with Gasteiger partial charge in [0, 0.05) is 67.9 Å². The van der Waals surface area contributed by atoms with E-state index in [1.807, 2.05) is 52.0 Å². The van der Waals surface area contributed by atoms with E-state index in [0.717, 1.165) is 10.9 Å². The number of nitrogens with one attached hydrogen (secondary N) is 9. The van der Waals surface area contributed by atoms with Crippen molar-refractivity contribution in [2.45, 2.75) is 147 Å². The fraction of sp³-hybridized carbons (Fsp3) is 0.518. The van der Waals surface area contributed by atoms with E-state index in [9.17, 15) is 61.7 Å². The molecule has 8 atom stereocenters. The van der Waals surface area contributed by atoms with Crippen molar-refractivity contribution in [2.75, 3.05) is 26.2 Å². The molecule has 1 aliphatic heterocycles. The van der Waals surface area contributed by atoms with Crippen molar-refractivity contribution in [3.8, 4) is 5.75 Å². The van der Waals surface area contributed by atoms with Crippen LogP contribution < -0.4 is 54.4 Å². The number of aliphatic carboxylic acids is 1. The Labute approximate surface area is 494 Å². The first-order chi connectivity index (χ1) is 40.6. The predicted octanol–water partition coefficient (Wildman–Crippen LogP) is -0.241. The number of carbonyl (C=O) groups excluding carboxylic acids is 8. The van der Waals surface area contributed by atoms with Crippen LogP contribution in [-0.4, -0.2) is 175 Å². The quantitative estimate of drug-likeness (QED) is 0.0182. The maximum absolute atomic E-state index is 14.5. The van der Waals surface area contributed by atoms with Crippen LogP contribution in [0.5, 0.6) is 5.75 Å². The monoisotopic (exact) mass is 1210 g/mol. The van der Waals surface area contributed by atoms with Crippen molar-refractivity contribution in [1.29, 1.82) is 0 Å². The summed E-state index contributed by atoms with van der Waals surface area (Å²) in [5.74, 6) is -8.88. The summed E-state index contributed by atoms with van der Waals surface area (Å²) in [6, 6.07) is 3.27. The van der Waals surface area contributed by atoms with Crippen LogP contribution >= 0.6 is 0 Å². The van der Waals surface area contributed by atoms with E-state index >= 15 is 0 Å². The molecule has 3 heterocycles. The minimum atomic E-state index is -5.08. The van der Waals surface area contributed by atoms with Gasteiger partial charge in [0.05, 0.1) is 19.0 Å². The number of carboxylic acid groups (broad SMARTS) is 1. The van der Waals surface area contributed by atoms with Crippen molar-refractivity contribution in [1.82, 2.24) is 57.1 Å². The lowest BCUT2D eigenvalue weighted by Crippen LogP contribution is -2.61. The van der Waals surface area contributed by atoms with E-state index in [-0.39, 0.29) is 74.5 Å². The predicted molar refractivity (Wildman–Crippen MR) is 309 cm³/mol. The topological polar surface area (TPSA) is 437 Å². The molecule has 2 aromatic carbocycles. The number of aromatic hydroxyl groups is 1. The lowest BCUT2D eigenvalue weighted by atomic mass is 9.98. The Morgan fingerprint density at radius 1 is 0.744 bits per heavy atom. The molecule has 1 aliphatic rings. The number of phenols is 1. The van der Waals surface area contributed by atoms with E-state index < -0.39 is 108 Å². The number of aliphatic hydroxyl groups excluding tert-OH is 1. The minimum Gasteiger partial charge on any atom is -0.508 e. The zero-order chi connectivity index (χ0) is 63.8. The Balaban J connectivity index is 0.00000212. The van der Waals surface area contributed by atoms with E-state index in [4.69, 9.17) is 27.1 Å². The van der Waals surface area contributed by atoms with Gasteiger partial charge in [0.2, 0.25) is 47.3 Å². The molecular formula is C56H80F3N15O12. The number of imidazole rings is 1. The number of aromatic amines is 2. The number of nitrogens with zero attached hydrogens (tertiary/aromatic N) is 3. The number of phenolic OH excluding ortho intramolecular Hbond substituents is 1. The molecule has 0 unspecified atom stereocenters. The number of alkyl halides is 3. The standard InChI is InChI=1S/C54H79N15O10.C2HF3O2/c1-6-59-52(78)45-14-10-20-69(45)53(79)39(13-9-19-60-54(56)57)63-47(73)40(21-30(2)3)65-48(74)41(22-31(4)5)66-49(75)42(23-32-15-17-35(71)18-16-32)67-51(77)44(28-70)68-50(76)43(24-33-26-61-38-12-8-7-11-36(33)38)64-46(72)37(55)25-34-27-58-29-62-34;3-2(4,5)1(6)7/h7-8,11-12,15-18,26-27,29-31,37,39-45,61,70-71H,6,9-10,13-14,19-25,28,55H2,1-5H3,(H,58,62)(H,59,78)(H,63,73)(H,64,72)(H,65,74)(H,66,75)(H,67,77)(H,68,76)(H4,56,57,60);(H,6,7)/t37-,39-,40-,41+,42-,43-,44-,45-;/m0./s1. The normalized spacial score (nSPS) is 15.5. The molecule has 5 rings (SSSR count). The average Bonchev–Trinajstić information content (AvgIpc) is 4.34. The molecule has 0 saturated carbocycles. The van der Waals surface area contributed by atoms with Gasteiger partial charge in [-0.3, -0.25) is 43.3 Å². The third kappa shape index (κ3) is 22.3. The van der Waals surface area contributed by atoms with Gasteiger partial charge in [-0.25, -0.2) is 9.78 Å². The summed E-state index contributed by atoms with van der Waals surface area (Å²) in [6.07, 6.45) is 0.991. The zero-order valence-corrected chi connectivity index (χ0v) is 48.5. The number of amides is 8. The first kappa shape index (κ1) is 69.7. The number of rotatable bonds is 30. The molecule has 8 amide bonds. The number of carbonyl (C=O) groups is 9. The number of aliphatic imine (C=N–C) groups is 1. The molecule has 0 radical (unpaired) electrons. The SMILES string of the molecule is CCNC(=O)[C@@H]1CCCN1C(=O)[C@H](CCCN=C(N)N)NC(=O)[C@H](CC(C)C)NC(=O)[C@@H](CC(C)C)NC(=O)[C@H](Cc1ccc(O)cc1)NC(=O)[C@H](CO)NC(=O)[C@H](Cc1c[nH]c2ccccc12)NC(=O)[C@@H](N)Cc1cnc[nH]1.O=C(O)C(F)(F)F. The highest BCUT2D eigenvalue weighted by Crippen LogP contribution is 2.22. The number of nitrogens with two attached hydrogens (primary N) is 3. The van der Waals surface area contributed by atoms with Gasteiger partial charge < -0.3 is 84.6 Å². The fourth-order valence-electron chi connectivity index (χ4n) is 9.33. The van der Waals surface area contributed by atoms with Gasteiger partial charge in [-0.2, -0.15) is 13.2 Å². The van der Waals surface area contributed by atoms with Crippen LogP contribution in [0, 0.1) is 11.8 Å². The molecule has 0 aliphatic carbocycles. The number of H-pyrrole nitrogens is 2. The minimum absolute atomic E-state index is 0.0549. The Bertz CT molecular complexity index is 2940. The van der Waals surface area contributed by atoms with Crippen molar-refractivity contribution in [3.63, 3.8) is 0 Å². The summed E-state index contributed by atoms with van der Waals surface area (Å²) in [7, 11) is 0. The molecule has 86 heavy (non-hydrogen) atoms. The number of aromatic nitrogens is 3. The zero-order valence-electron chi connectivity index (χ0n) is 48.5. The summed E-state index contributed by atoms with van der Waals surface area (Å²) in [5, 5.41) is 47.6. The van der Waals surface area contributed by atoms with Crippen LogP contribution in [0.2, 0.25) is 0 Å². The van der Waals surface area contributed by atoms with E-state index in [1.165, 1.54) is 41.7 Å². The molecule has 27 nitrogen and oxygen atoms in total. The maximum atomic E-state index is 14.5. The summed E-state index contributed by atoms with van der Waals surface area (Å²) in [5.41, 5.74) is 19.8. The number of hydrogen-bond donors (Lipinski definition) is 15. The van der Waals surface area contributed by atoms with Gasteiger partial charge in [-0.1, -0.05) is 58.0 Å². The Morgan fingerprint density at radius 2 is 1.28 bits per heavy atom. The van der Waals surface area contributed by atoms with Gasteiger partial charge in [0.15, 0.2) is 5.96 Å². The number of para-hydroxylation sites is 1. The van der Waals surface area contributed by atoms with Crippen molar-refractivity contribution < 1.29 is 71.6 Å². The maximum Gasteiger partial charge on any atom is 0.490 e. The number of likely N-dealkylation sites (N-methyl/N-ethyl adjacent to an activating group) is 1. The second-order valence-electron chi connectivity index (χ2n) is 21.5. The molecule has 1 fully saturated rings. The Kier molecular flexibility index (Phi) is 27.3. The summed E-state index contributed by atoms with van der Waals surface area (Å²) < 4.78 is 31.7. The molecule has 0 bridgehead atoms. The molecule has 18 N–H and O–H groups in total. The number of likely N-dealkylation sites (tertiary alicyclic amines) is 1. The number of guanidine groups is 1. The molecule has 2 aromatic heterocycles.